The molecule has 0 aromatic heterocycles. The summed E-state index contributed by atoms with van der Waals surface area (Å²) in [5.74, 6) is 0.895. The maximum Gasteiger partial charge on any atom is 0.248 e. The molecule has 5 heteroatoms. The molecule has 1 fully saturated rings. The van der Waals surface area contributed by atoms with Gasteiger partial charge in [0.1, 0.15) is 12.4 Å². The van der Waals surface area contributed by atoms with E-state index in [4.69, 9.17) is 15.2 Å². The summed E-state index contributed by atoms with van der Waals surface area (Å²) in [6.07, 6.45) is 0.810. The zero-order chi connectivity index (χ0) is 13.5. The topological polar surface area (TPSA) is 64.8 Å². The van der Waals surface area contributed by atoms with Gasteiger partial charge in [-0.3, -0.25) is 4.79 Å². The molecule has 0 unspecified atom stereocenters. The molecule has 1 aliphatic rings. The van der Waals surface area contributed by atoms with Crippen LogP contribution in [0.2, 0.25) is 0 Å². The highest BCUT2D eigenvalue weighted by molar-refractivity contribution is 5.77. The van der Waals surface area contributed by atoms with E-state index in [-0.39, 0.29) is 12.5 Å². The average Bonchev–Trinajstić information content (AvgIpc) is 2.45. The highest BCUT2D eigenvalue weighted by Gasteiger charge is 2.17. The van der Waals surface area contributed by atoms with Crippen molar-refractivity contribution < 1.29 is 14.3 Å². The van der Waals surface area contributed by atoms with E-state index in [9.17, 15) is 4.79 Å². The Hall–Kier alpha value is -1.59. The van der Waals surface area contributed by atoms with Crippen LogP contribution in [-0.2, 0) is 16.1 Å². The predicted octanol–water partition coefficient (Wildman–Crippen LogP) is 0.773. The van der Waals surface area contributed by atoms with Crippen molar-refractivity contribution in [3.8, 4) is 5.75 Å². The third-order valence-corrected chi connectivity index (χ3v) is 3.11. The summed E-state index contributed by atoms with van der Waals surface area (Å²) < 4.78 is 10.8. The first kappa shape index (κ1) is 13.8. The number of morpholine rings is 1. The lowest BCUT2D eigenvalue weighted by Crippen LogP contribution is -2.42. The Bertz CT molecular complexity index is 423. The van der Waals surface area contributed by atoms with Gasteiger partial charge in [0.2, 0.25) is 5.91 Å². The van der Waals surface area contributed by atoms with Crippen molar-refractivity contribution in [1.29, 1.82) is 0 Å². The normalized spacial score (nSPS) is 15.6. The van der Waals surface area contributed by atoms with Gasteiger partial charge in [-0.1, -0.05) is 18.2 Å². The number of para-hydroxylation sites is 1. The molecule has 1 heterocycles. The van der Waals surface area contributed by atoms with Crippen LogP contribution in [0.1, 0.15) is 12.0 Å². The highest BCUT2D eigenvalue weighted by atomic mass is 16.5. The second-order valence-corrected chi connectivity index (χ2v) is 4.45. The van der Waals surface area contributed by atoms with Crippen LogP contribution >= 0.6 is 0 Å². The minimum Gasteiger partial charge on any atom is -0.493 e. The van der Waals surface area contributed by atoms with Gasteiger partial charge in [0.15, 0.2) is 0 Å². The standard InChI is InChI=1S/C14H20N2O3/c15-10-12-4-1-2-5-13(12)19-8-3-6-16-7-9-18-11-14(16)17/h1-2,4-5H,3,6-11,15H2. The van der Waals surface area contributed by atoms with E-state index in [2.05, 4.69) is 0 Å². The van der Waals surface area contributed by atoms with Gasteiger partial charge in [0, 0.05) is 25.2 Å². The molecule has 0 saturated carbocycles. The number of nitrogens with zero attached hydrogens (tertiary/aromatic N) is 1. The number of benzene rings is 1. The van der Waals surface area contributed by atoms with Crippen LogP contribution in [0.3, 0.4) is 0 Å². The lowest BCUT2D eigenvalue weighted by atomic mass is 10.2. The lowest BCUT2D eigenvalue weighted by molar-refractivity contribution is -0.142. The van der Waals surface area contributed by atoms with Gasteiger partial charge < -0.3 is 20.1 Å². The maximum atomic E-state index is 11.5. The van der Waals surface area contributed by atoms with Gasteiger partial charge in [-0.2, -0.15) is 0 Å². The first-order valence-electron chi connectivity index (χ1n) is 6.57. The zero-order valence-corrected chi connectivity index (χ0v) is 11.0. The summed E-state index contributed by atoms with van der Waals surface area (Å²) in [6, 6.07) is 7.75. The van der Waals surface area contributed by atoms with E-state index in [0.717, 1.165) is 17.7 Å². The molecule has 0 radical (unpaired) electrons. The molecule has 5 nitrogen and oxygen atoms in total. The fourth-order valence-corrected chi connectivity index (χ4v) is 2.04. The van der Waals surface area contributed by atoms with E-state index in [1.165, 1.54) is 0 Å². The SMILES string of the molecule is NCc1ccccc1OCCCN1CCOCC1=O. The highest BCUT2D eigenvalue weighted by Crippen LogP contribution is 2.17. The van der Waals surface area contributed by atoms with E-state index in [0.29, 0.717) is 32.8 Å². The van der Waals surface area contributed by atoms with Gasteiger partial charge in [0.05, 0.1) is 13.2 Å². The van der Waals surface area contributed by atoms with Gasteiger partial charge in [-0.05, 0) is 12.5 Å². The number of nitrogens with two attached hydrogens (primary N) is 1. The average molecular weight is 264 g/mol. The molecule has 0 aliphatic carbocycles. The molecule has 1 aromatic carbocycles. The van der Waals surface area contributed by atoms with Crippen molar-refractivity contribution in [2.45, 2.75) is 13.0 Å². The molecular weight excluding hydrogens is 244 g/mol. The Balaban J connectivity index is 1.73. The van der Waals surface area contributed by atoms with Crippen LogP contribution in [0.4, 0.5) is 0 Å². The van der Waals surface area contributed by atoms with Crippen LogP contribution < -0.4 is 10.5 Å². The van der Waals surface area contributed by atoms with Gasteiger partial charge in [0.25, 0.3) is 0 Å². The van der Waals surface area contributed by atoms with Crippen molar-refractivity contribution in [2.24, 2.45) is 5.73 Å². The minimum absolute atomic E-state index is 0.0635. The predicted molar refractivity (Wildman–Crippen MR) is 71.8 cm³/mol. The van der Waals surface area contributed by atoms with Crippen LogP contribution in [0.5, 0.6) is 5.75 Å². The largest absolute Gasteiger partial charge is 0.493 e. The molecule has 19 heavy (non-hydrogen) atoms. The van der Waals surface area contributed by atoms with E-state index < -0.39 is 0 Å². The van der Waals surface area contributed by atoms with Crippen LogP contribution in [0.15, 0.2) is 24.3 Å². The number of rotatable bonds is 6. The fraction of sp³-hybridized carbons (Fsp3) is 0.500. The Morgan fingerprint density at radius 2 is 2.21 bits per heavy atom. The molecule has 0 bridgehead atoms. The summed E-state index contributed by atoms with van der Waals surface area (Å²) in [7, 11) is 0. The summed E-state index contributed by atoms with van der Waals surface area (Å²) in [6.45, 7) is 3.28. The smallest absolute Gasteiger partial charge is 0.248 e. The van der Waals surface area contributed by atoms with Crippen molar-refractivity contribution in [2.75, 3.05) is 32.9 Å². The molecule has 2 N–H and O–H groups in total. The summed E-state index contributed by atoms with van der Waals surface area (Å²) >= 11 is 0. The first-order valence-corrected chi connectivity index (χ1v) is 6.57. The fourth-order valence-electron chi connectivity index (χ4n) is 2.04. The monoisotopic (exact) mass is 264 g/mol. The molecule has 2 rings (SSSR count). The van der Waals surface area contributed by atoms with Crippen LogP contribution in [0.25, 0.3) is 0 Å². The quantitative estimate of drug-likeness (QED) is 0.771. The van der Waals surface area contributed by atoms with E-state index in [1.54, 1.807) is 0 Å². The third kappa shape index (κ3) is 3.94. The molecule has 1 aromatic rings. The number of carbonyl (C=O) groups is 1. The number of amides is 1. The van der Waals surface area contributed by atoms with Gasteiger partial charge in [-0.15, -0.1) is 0 Å². The molecule has 1 aliphatic heterocycles. The molecular formula is C14H20N2O3. The van der Waals surface area contributed by atoms with Crippen molar-refractivity contribution in [3.05, 3.63) is 29.8 Å². The first-order chi connectivity index (χ1) is 9.31. The van der Waals surface area contributed by atoms with Gasteiger partial charge in [-0.25, -0.2) is 0 Å². The summed E-state index contributed by atoms with van der Waals surface area (Å²) in [5.41, 5.74) is 6.65. The summed E-state index contributed by atoms with van der Waals surface area (Å²) in [4.78, 5) is 13.3. The van der Waals surface area contributed by atoms with Gasteiger partial charge >= 0.3 is 0 Å². The van der Waals surface area contributed by atoms with Crippen molar-refractivity contribution in [1.82, 2.24) is 4.90 Å². The lowest BCUT2D eigenvalue weighted by Gasteiger charge is -2.26. The molecule has 0 spiro atoms. The molecule has 1 saturated heterocycles. The Morgan fingerprint density at radius 1 is 1.37 bits per heavy atom. The van der Waals surface area contributed by atoms with E-state index in [1.807, 2.05) is 29.2 Å². The van der Waals surface area contributed by atoms with E-state index >= 15 is 0 Å². The number of ether oxygens (including phenoxy) is 2. The van der Waals surface area contributed by atoms with Crippen molar-refractivity contribution >= 4 is 5.91 Å². The zero-order valence-electron chi connectivity index (χ0n) is 11.0. The molecule has 0 atom stereocenters. The molecule has 1 amide bonds. The second-order valence-electron chi connectivity index (χ2n) is 4.45. The van der Waals surface area contributed by atoms with Crippen molar-refractivity contribution in [3.63, 3.8) is 0 Å². The number of carbonyl (C=O) groups excluding carboxylic acids is 1. The maximum absolute atomic E-state index is 11.5. The van der Waals surface area contributed by atoms with Crippen LogP contribution in [0, 0.1) is 0 Å². The Morgan fingerprint density at radius 3 is 3.00 bits per heavy atom. The number of hydrogen-bond acceptors (Lipinski definition) is 4. The number of hydrogen-bond donors (Lipinski definition) is 1. The second kappa shape index (κ2) is 7.11. The Labute approximate surface area is 113 Å². The van der Waals surface area contributed by atoms with Crippen LogP contribution in [-0.4, -0.2) is 43.7 Å². The minimum atomic E-state index is 0.0635. The summed E-state index contributed by atoms with van der Waals surface area (Å²) in [5, 5.41) is 0. The third-order valence-electron chi connectivity index (χ3n) is 3.11. The Kier molecular flexibility index (Phi) is 5.18. The molecule has 104 valence electrons.